The van der Waals surface area contributed by atoms with Gasteiger partial charge in [0, 0.05) is 27.4 Å². The summed E-state index contributed by atoms with van der Waals surface area (Å²) < 4.78 is 39.6. The minimum Gasteiger partial charge on any atom is -0.383 e. The minimum absolute atomic E-state index is 0.0705. The number of nitrogens with two attached hydrogens (primary N) is 1. The molecule has 1 aromatic carbocycles. The molecule has 0 atom stereocenters. The Hall–Kier alpha value is -2.59. The van der Waals surface area contributed by atoms with E-state index in [0.29, 0.717) is 9.76 Å². The number of rotatable bonds is 3. The van der Waals surface area contributed by atoms with E-state index in [1.54, 1.807) is 24.3 Å². The third-order valence-electron chi connectivity index (χ3n) is 3.49. The number of hydrogen-bond acceptors (Lipinski definition) is 4. The Bertz CT molecular complexity index is 1020. The Morgan fingerprint density at radius 3 is 2.56 bits per heavy atom. The van der Waals surface area contributed by atoms with Gasteiger partial charge in [0.05, 0.1) is 5.69 Å². The van der Waals surface area contributed by atoms with E-state index in [1.165, 1.54) is 12.1 Å². The number of benzene rings is 1. The second-order valence-electron chi connectivity index (χ2n) is 5.37. The van der Waals surface area contributed by atoms with E-state index in [4.69, 9.17) is 17.5 Å². The molecule has 2 aromatic heterocycles. The molecule has 3 aromatic rings. The maximum atomic E-state index is 12.8. The number of anilines is 2. The SMILES string of the molecule is Nc1nc(NC(=O)c2cccc(Br)c2)ccc1-c1cc(C(F)(F)F)nn1Cl. The van der Waals surface area contributed by atoms with Crippen molar-refractivity contribution in [3.63, 3.8) is 0 Å². The Kier molecular flexibility index (Phi) is 5.11. The van der Waals surface area contributed by atoms with Crippen molar-refractivity contribution >= 4 is 45.2 Å². The van der Waals surface area contributed by atoms with Gasteiger partial charge in [-0.3, -0.25) is 4.79 Å². The molecule has 0 saturated carbocycles. The van der Waals surface area contributed by atoms with Gasteiger partial charge in [-0.05, 0) is 36.4 Å². The van der Waals surface area contributed by atoms with Gasteiger partial charge in [-0.15, -0.1) is 0 Å². The topological polar surface area (TPSA) is 85.8 Å². The van der Waals surface area contributed by atoms with Gasteiger partial charge in [-0.2, -0.15) is 22.5 Å². The van der Waals surface area contributed by atoms with Gasteiger partial charge in [0.15, 0.2) is 5.69 Å². The van der Waals surface area contributed by atoms with Crippen molar-refractivity contribution in [2.45, 2.75) is 6.18 Å². The Balaban J connectivity index is 1.86. The second kappa shape index (κ2) is 7.20. The van der Waals surface area contributed by atoms with Gasteiger partial charge >= 0.3 is 6.18 Å². The van der Waals surface area contributed by atoms with E-state index in [9.17, 15) is 18.0 Å². The van der Waals surface area contributed by atoms with Crippen LogP contribution >= 0.6 is 27.7 Å². The highest BCUT2D eigenvalue weighted by Crippen LogP contribution is 2.34. The Labute approximate surface area is 164 Å². The number of hydrogen-bond donors (Lipinski definition) is 2. The number of amides is 1. The number of nitrogen functional groups attached to an aromatic ring is 1. The van der Waals surface area contributed by atoms with Crippen LogP contribution in [0.1, 0.15) is 16.1 Å². The molecule has 0 aliphatic rings. The first-order valence-corrected chi connectivity index (χ1v) is 8.45. The summed E-state index contributed by atoms with van der Waals surface area (Å²) >= 11 is 8.99. The van der Waals surface area contributed by atoms with Crippen LogP contribution in [0.2, 0.25) is 0 Å². The molecular weight excluding hydrogens is 451 g/mol. The van der Waals surface area contributed by atoms with Crippen LogP contribution in [0.15, 0.2) is 46.9 Å². The predicted molar refractivity (Wildman–Crippen MR) is 98.2 cm³/mol. The van der Waals surface area contributed by atoms with Crippen LogP contribution in [0.5, 0.6) is 0 Å². The van der Waals surface area contributed by atoms with Crippen molar-refractivity contribution in [1.82, 2.24) is 14.3 Å². The van der Waals surface area contributed by atoms with Crippen LogP contribution in [0, 0.1) is 0 Å². The molecule has 0 aliphatic heterocycles. The van der Waals surface area contributed by atoms with E-state index in [0.717, 1.165) is 10.5 Å². The molecule has 27 heavy (non-hydrogen) atoms. The fourth-order valence-electron chi connectivity index (χ4n) is 2.26. The third kappa shape index (κ3) is 4.22. The molecule has 0 bridgehead atoms. The van der Waals surface area contributed by atoms with E-state index in [1.807, 2.05) is 0 Å². The van der Waals surface area contributed by atoms with Crippen molar-refractivity contribution in [3.05, 3.63) is 58.2 Å². The molecule has 3 rings (SSSR count). The van der Waals surface area contributed by atoms with Gasteiger partial charge in [0.2, 0.25) is 0 Å². The summed E-state index contributed by atoms with van der Waals surface area (Å²) in [6, 6.07) is 10.3. The lowest BCUT2D eigenvalue weighted by atomic mass is 10.1. The highest BCUT2D eigenvalue weighted by Gasteiger charge is 2.35. The molecule has 0 unspecified atom stereocenters. The summed E-state index contributed by atoms with van der Waals surface area (Å²) in [4.78, 5) is 16.2. The highest BCUT2D eigenvalue weighted by atomic mass is 79.9. The zero-order valence-electron chi connectivity index (χ0n) is 13.3. The molecule has 6 nitrogen and oxygen atoms in total. The Morgan fingerprint density at radius 1 is 1.22 bits per heavy atom. The molecule has 0 fully saturated rings. The number of pyridine rings is 1. The molecule has 140 valence electrons. The van der Waals surface area contributed by atoms with Gasteiger partial charge in [-0.25, -0.2) is 4.98 Å². The van der Waals surface area contributed by atoms with Crippen LogP contribution in [-0.4, -0.2) is 20.2 Å². The van der Waals surface area contributed by atoms with Crippen molar-refractivity contribution in [3.8, 4) is 11.3 Å². The maximum Gasteiger partial charge on any atom is 0.435 e. The number of carbonyl (C=O) groups excluding carboxylic acids is 1. The summed E-state index contributed by atoms with van der Waals surface area (Å²) in [5, 5.41) is 5.78. The van der Waals surface area contributed by atoms with E-state index in [2.05, 4.69) is 31.3 Å². The number of aromatic nitrogens is 3. The average Bonchev–Trinajstić information content (AvgIpc) is 2.97. The smallest absolute Gasteiger partial charge is 0.383 e. The standard InChI is InChI=1S/C16H10BrClF3N5O/c17-9-3-1-2-8(6-9)15(27)24-13-5-4-10(14(22)23-13)11-7-12(16(19,20)21)25-26(11)18/h1-7H,(H3,22,23,24,27). The lowest BCUT2D eigenvalue weighted by Gasteiger charge is -2.08. The first kappa shape index (κ1) is 19.2. The maximum absolute atomic E-state index is 12.8. The van der Waals surface area contributed by atoms with Crippen LogP contribution in [-0.2, 0) is 6.18 Å². The number of nitrogens with zero attached hydrogens (tertiary/aromatic N) is 3. The number of nitrogens with one attached hydrogen (secondary N) is 1. The highest BCUT2D eigenvalue weighted by molar-refractivity contribution is 9.10. The van der Waals surface area contributed by atoms with Crippen LogP contribution in [0.4, 0.5) is 24.8 Å². The fraction of sp³-hybridized carbons (Fsp3) is 0.0625. The zero-order valence-corrected chi connectivity index (χ0v) is 15.6. The second-order valence-corrected chi connectivity index (χ2v) is 6.60. The number of halogens is 5. The Morgan fingerprint density at radius 2 is 1.96 bits per heavy atom. The quantitative estimate of drug-likeness (QED) is 0.600. The first-order valence-electron chi connectivity index (χ1n) is 7.32. The summed E-state index contributed by atoms with van der Waals surface area (Å²) in [5.41, 5.74) is 5.14. The summed E-state index contributed by atoms with van der Waals surface area (Å²) in [7, 11) is 0. The predicted octanol–water partition coefficient (Wildman–Crippen LogP) is 4.56. The zero-order chi connectivity index (χ0) is 19.8. The molecule has 0 radical (unpaired) electrons. The third-order valence-corrected chi connectivity index (χ3v) is 4.24. The van der Waals surface area contributed by atoms with E-state index >= 15 is 0 Å². The van der Waals surface area contributed by atoms with Crippen molar-refractivity contribution < 1.29 is 18.0 Å². The molecule has 2 heterocycles. The normalized spacial score (nSPS) is 11.4. The molecule has 0 aliphatic carbocycles. The minimum atomic E-state index is -4.64. The van der Waals surface area contributed by atoms with Crippen molar-refractivity contribution in [1.29, 1.82) is 0 Å². The number of carbonyl (C=O) groups is 1. The molecule has 0 spiro atoms. The van der Waals surface area contributed by atoms with Crippen LogP contribution in [0.25, 0.3) is 11.3 Å². The molecule has 1 amide bonds. The summed E-state index contributed by atoms with van der Waals surface area (Å²) in [6.45, 7) is 0. The molecular formula is C16H10BrClF3N5O. The summed E-state index contributed by atoms with van der Waals surface area (Å²) in [5.74, 6) is -0.395. The average molecular weight is 461 g/mol. The lowest BCUT2D eigenvalue weighted by Crippen LogP contribution is -2.13. The van der Waals surface area contributed by atoms with Crippen molar-refractivity contribution in [2.75, 3.05) is 11.1 Å². The van der Waals surface area contributed by atoms with E-state index < -0.39 is 17.8 Å². The van der Waals surface area contributed by atoms with Crippen molar-refractivity contribution in [2.24, 2.45) is 0 Å². The van der Waals surface area contributed by atoms with Gasteiger partial charge in [0.1, 0.15) is 11.6 Å². The largest absolute Gasteiger partial charge is 0.435 e. The molecule has 3 N–H and O–H groups in total. The molecule has 11 heteroatoms. The first-order chi connectivity index (χ1) is 12.6. The molecule has 0 saturated heterocycles. The van der Waals surface area contributed by atoms with Gasteiger partial charge < -0.3 is 11.1 Å². The monoisotopic (exact) mass is 459 g/mol. The number of alkyl halides is 3. The fourth-order valence-corrected chi connectivity index (χ4v) is 2.88. The van der Waals surface area contributed by atoms with Gasteiger partial charge in [-0.1, -0.05) is 22.0 Å². The van der Waals surface area contributed by atoms with Crippen LogP contribution in [0.3, 0.4) is 0 Å². The summed E-state index contributed by atoms with van der Waals surface area (Å²) in [6.07, 6.45) is -4.64. The lowest BCUT2D eigenvalue weighted by molar-refractivity contribution is -0.141. The van der Waals surface area contributed by atoms with Gasteiger partial charge in [0.25, 0.3) is 5.91 Å². The van der Waals surface area contributed by atoms with E-state index in [-0.39, 0.29) is 22.9 Å². The van der Waals surface area contributed by atoms with Crippen LogP contribution < -0.4 is 11.1 Å².